The van der Waals surface area contributed by atoms with Gasteiger partial charge in [0.1, 0.15) is 16.8 Å². The molecule has 10 nitrogen and oxygen atoms in total. The van der Waals surface area contributed by atoms with E-state index in [1.807, 2.05) is 20.8 Å². The van der Waals surface area contributed by atoms with Crippen molar-refractivity contribution in [2.24, 2.45) is 11.8 Å². The number of hydrogen-bond donors (Lipinski definition) is 1. The number of amides is 3. The smallest absolute Gasteiger partial charge is 0.416 e. The molecule has 2 aromatic rings. The van der Waals surface area contributed by atoms with Crippen LogP contribution < -0.4 is 10.2 Å². The van der Waals surface area contributed by atoms with Crippen LogP contribution in [0, 0.1) is 29.0 Å². The fraction of sp³-hybridized carbons (Fsp3) is 0.444. The molecule has 0 spiro atoms. The number of nitrogens with one attached hydrogen (secondary N) is 1. The molecule has 3 heterocycles. The van der Waals surface area contributed by atoms with Crippen molar-refractivity contribution in [3.05, 3.63) is 48.0 Å². The van der Waals surface area contributed by atoms with Gasteiger partial charge in [-0.25, -0.2) is 14.0 Å². The maximum Gasteiger partial charge on any atom is 0.416 e. The molecule has 198 valence electrons. The van der Waals surface area contributed by atoms with E-state index in [9.17, 15) is 19.6 Å². The number of nitriles is 1. The number of fused-ring (bicyclic) bond motifs is 1. The normalized spacial score (nSPS) is 25.9. The number of rotatable bonds is 4. The lowest BCUT2D eigenvalue weighted by Crippen LogP contribution is -2.39. The predicted octanol–water partition coefficient (Wildman–Crippen LogP) is 3.56. The summed E-state index contributed by atoms with van der Waals surface area (Å²) in [6.45, 7) is 7.67. The van der Waals surface area contributed by atoms with Gasteiger partial charge in [0, 0.05) is 49.2 Å². The fourth-order valence-corrected chi connectivity index (χ4v) is 5.39. The Balaban J connectivity index is 1.28. The molecule has 38 heavy (non-hydrogen) atoms. The third-order valence-corrected chi connectivity index (χ3v) is 7.16. The maximum atomic E-state index is 15.1. The van der Waals surface area contributed by atoms with E-state index in [1.54, 1.807) is 29.2 Å². The monoisotopic (exact) mass is 521 g/mol. The molecular weight excluding hydrogens is 493 g/mol. The van der Waals surface area contributed by atoms with E-state index in [0.29, 0.717) is 30.0 Å². The van der Waals surface area contributed by atoms with Gasteiger partial charge in [-0.1, -0.05) is 6.07 Å². The second-order valence-corrected chi connectivity index (χ2v) is 10.9. The van der Waals surface area contributed by atoms with E-state index < -0.39 is 29.2 Å². The molecule has 11 heteroatoms. The molecule has 3 fully saturated rings. The lowest BCUT2D eigenvalue weighted by molar-refractivity contribution is -0.121. The maximum absolute atomic E-state index is 15.1. The van der Waals surface area contributed by atoms with Crippen LogP contribution in [0.15, 0.2) is 36.5 Å². The number of hydrogen-bond acceptors (Lipinski definition) is 7. The number of pyridine rings is 1. The first-order chi connectivity index (χ1) is 17.9. The van der Waals surface area contributed by atoms with Gasteiger partial charge in [0.15, 0.2) is 6.23 Å². The molecule has 3 aliphatic rings. The molecule has 2 unspecified atom stereocenters. The van der Waals surface area contributed by atoms with Crippen molar-refractivity contribution in [2.45, 2.75) is 44.9 Å². The standard InChI is InChI=1S/C27H28FN5O5/c1-15(34)31-23-13-33(25(36)37-23)17-6-7-18(21(28)9-17)16-5-8-22(30-10-16)27(14-29)19-11-32(12-20(19)27)24(35)38-26(2,3)4/h5-10,19-20,23H,11-13H2,1-4H3,(H,31,34)/t19-,20+,23?,27?. The number of ether oxygens (including phenoxy) is 2. The number of piperidine rings is 1. The number of nitrogens with zero attached hydrogens (tertiary/aromatic N) is 4. The van der Waals surface area contributed by atoms with E-state index >= 15 is 4.39 Å². The average Bonchev–Trinajstić information content (AvgIpc) is 3.10. The van der Waals surface area contributed by atoms with Crippen molar-refractivity contribution < 1.29 is 28.2 Å². The Morgan fingerprint density at radius 3 is 2.47 bits per heavy atom. The Morgan fingerprint density at radius 2 is 1.92 bits per heavy atom. The second-order valence-electron chi connectivity index (χ2n) is 10.9. The van der Waals surface area contributed by atoms with E-state index in [2.05, 4.69) is 16.4 Å². The van der Waals surface area contributed by atoms with Crippen molar-refractivity contribution in [1.29, 1.82) is 5.26 Å². The highest BCUT2D eigenvalue weighted by molar-refractivity contribution is 5.90. The Hall–Kier alpha value is -4.20. The molecule has 4 atom stereocenters. The first-order valence-electron chi connectivity index (χ1n) is 12.3. The lowest BCUT2D eigenvalue weighted by Gasteiger charge is -2.27. The molecule has 2 saturated heterocycles. The number of likely N-dealkylation sites (tertiary alicyclic amines) is 1. The van der Waals surface area contributed by atoms with E-state index in [0.717, 1.165) is 0 Å². The Kier molecular flexibility index (Phi) is 6.01. The number of aromatic nitrogens is 1. The van der Waals surface area contributed by atoms with Gasteiger partial charge in [-0.05, 0) is 45.0 Å². The highest BCUT2D eigenvalue weighted by Gasteiger charge is 2.71. The summed E-state index contributed by atoms with van der Waals surface area (Å²) in [6.07, 6.45) is -0.330. The topological polar surface area (TPSA) is 125 Å². The van der Waals surface area contributed by atoms with E-state index in [1.165, 1.54) is 24.1 Å². The summed E-state index contributed by atoms with van der Waals surface area (Å²) in [5.41, 5.74) is 0.346. The van der Waals surface area contributed by atoms with Crippen LogP contribution in [0.3, 0.4) is 0 Å². The van der Waals surface area contributed by atoms with Gasteiger partial charge in [-0.15, -0.1) is 0 Å². The summed E-state index contributed by atoms with van der Waals surface area (Å²) >= 11 is 0. The van der Waals surface area contributed by atoms with Crippen LogP contribution in [0.5, 0.6) is 0 Å². The number of benzene rings is 1. The van der Waals surface area contributed by atoms with E-state index in [-0.39, 0.29) is 35.9 Å². The predicted molar refractivity (Wildman–Crippen MR) is 133 cm³/mol. The largest absolute Gasteiger partial charge is 0.444 e. The first-order valence-corrected chi connectivity index (χ1v) is 12.3. The first kappa shape index (κ1) is 25.4. The summed E-state index contributed by atoms with van der Waals surface area (Å²) < 4.78 is 25.6. The second kappa shape index (κ2) is 8.97. The highest BCUT2D eigenvalue weighted by atomic mass is 19.1. The summed E-state index contributed by atoms with van der Waals surface area (Å²) in [5.74, 6) is -0.957. The van der Waals surface area contributed by atoms with Crippen LogP contribution in [0.1, 0.15) is 33.4 Å². The van der Waals surface area contributed by atoms with Gasteiger partial charge in [0.2, 0.25) is 5.91 Å². The Morgan fingerprint density at radius 1 is 1.21 bits per heavy atom. The minimum atomic E-state index is -0.801. The highest BCUT2D eigenvalue weighted by Crippen LogP contribution is 2.62. The van der Waals surface area contributed by atoms with Gasteiger partial charge in [0.25, 0.3) is 0 Å². The van der Waals surface area contributed by atoms with Gasteiger partial charge in [-0.2, -0.15) is 5.26 Å². The minimum Gasteiger partial charge on any atom is -0.444 e. The van der Waals surface area contributed by atoms with Crippen LogP contribution in [0.2, 0.25) is 0 Å². The number of anilines is 1. The quantitative estimate of drug-likeness (QED) is 0.652. The number of cyclic esters (lactones) is 1. The van der Waals surface area contributed by atoms with Gasteiger partial charge in [-0.3, -0.25) is 14.7 Å². The molecule has 0 radical (unpaired) electrons. The van der Waals surface area contributed by atoms with Crippen molar-refractivity contribution in [3.63, 3.8) is 0 Å². The van der Waals surface area contributed by atoms with Crippen molar-refractivity contribution in [3.8, 4) is 17.2 Å². The minimum absolute atomic E-state index is 0.0316. The number of carbonyl (C=O) groups is 3. The van der Waals surface area contributed by atoms with Crippen LogP contribution in [0.4, 0.5) is 19.7 Å². The number of halogens is 1. The molecule has 0 bridgehead atoms. The third kappa shape index (κ3) is 4.40. The van der Waals surface area contributed by atoms with E-state index in [4.69, 9.17) is 9.47 Å². The van der Waals surface area contributed by atoms with Crippen LogP contribution in [-0.4, -0.2) is 59.4 Å². The summed E-state index contributed by atoms with van der Waals surface area (Å²) in [4.78, 5) is 43.2. The van der Waals surface area contributed by atoms with Crippen molar-refractivity contribution in [2.75, 3.05) is 24.5 Å². The summed E-state index contributed by atoms with van der Waals surface area (Å²) in [6, 6.07) is 10.2. The Labute approximate surface area is 219 Å². The van der Waals surface area contributed by atoms with Gasteiger partial charge < -0.3 is 19.7 Å². The average molecular weight is 522 g/mol. The molecule has 1 aromatic heterocycles. The molecule has 5 rings (SSSR count). The zero-order chi connectivity index (χ0) is 27.4. The molecule has 1 aliphatic carbocycles. The zero-order valence-electron chi connectivity index (χ0n) is 21.5. The van der Waals surface area contributed by atoms with Crippen LogP contribution >= 0.6 is 0 Å². The SMILES string of the molecule is CC(=O)NC1CN(c2ccc(-c3ccc(C4(C#N)[C@@H]5CN(C(=O)OC(C)(C)C)C[C@@H]54)nc3)c(F)c2)C(=O)O1. The molecular formula is C27H28FN5O5. The molecule has 1 aromatic carbocycles. The van der Waals surface area contributed by atoms with Crippen LogP contribution in [0.25, 0.3) is 11.1 Å². The molecule has 3 amide bonds. The molecule has 1 N–H and O–H groups in total. The summed E-state index contributed by atoms with van der Waals surface area (Å²) in [5, 5.41) is 12.5. The fourth-order valence-electron chi connectivity index (χ4n) is 5.39. The van der Waals surface area contributed by atoms with Crippen molar-refractivity contribution in [1.82, 2.24) is 15.2 Å². The van der Waals surface area contributed by atoms with Crippen molar-refractivity contribution >= 4 is 23.8 Å². The van der Waals surface area contributed by atoms with Gasteiger partial charge >= 0.3 is 12.2 Å². The third-order valence-electron chi connectivity index (χ3n) is 7.16. The lowest BCUT2D eigenvalue weighted by atomic mass is 9.95. The molecule has 1 saturated carbocycles. The Bertz CT molecular complexity index is 1340. The zero-order valence-corrected chi connectivity index (χ0v) is 21.5. The van der Waals surface area contributed by atoms with Crippen LogP contribution in [-0.2, 0) is 19.7 Å². The molecule has 2 aliphatic heterocycles. The van der Waals surface area contributed by atoms with Gasteiger partial charge in [0.05, 0.1) is 24.0 Å². The summed E-state index contributed by atoms with van der Waals surface area (Å²) in [7, 11) is 0. The number of carbonyl (C=O) groups excluding carboxylic acids is 3.